The third kappa shape index (κ3) is 4.61. The van der Waals surface area contributed by atoms with Crippen LogP contribution in [0.5, 0.6) is 0 Å². The van der Waals surface area contributed by atoms with Crippen molar-refractivity contribution < 1.29 is 9.53 Å². The molecule has 0 unspecified atom stereocenters. The molecule has 0 atom stereocenters. The van der Waals surface area contributed by atoms with Gasteiger partial charge in [0.1, 0.15) is 6.61 Å². The lowest BCUT2D eigenvalue weighted by Gasteiger charge is -2.05. The van der Waals surface area contributed by atoms with Gasteiger partial charge in [0.2, 0.25) is 0 Å². The lowest BCUT2D eigenvalue weighted by atomic mass is 10.2. The van der Waals surface area contributed by atoms with Crippen molar-refractivity contribution in [3.8, 4) is 0 Å². The fraction of sp³-hybridized carbons (Fsp3) is 0.118. The fourth-order valence-corrected chi connectivity index (χ4v) is 1.75. The summed E-state index contributed by atoms with van der Waals surface area (Å²) in [7, 11) is 0. The lowest BCUT2D eigenvalue weighted by molar-refractivity contribution is 0.174. The van der Waals surface area contributed by atoms with Gasteiger partial charge >= 0.3 is 6.09 Å². The third-order valence-electron chi connectivity index (χ3n) is 2.68. The molecule has 0 fully saturated rings. The Morgan fingerprint density at radius 2 is 1.95 bits per heavy atom. The molecule has 0 saturated heterocycles. The minimum absolute atomic E-state index is 0.243. The van der Waals surface area contributed by atoms with E-state index in [1.54, 1.807) is 0 Å². The van der Waals surface area contributed by atoms with Gasteiger partial charge in [0.05, 0.1) is 0 Å². The molecule has 0 saturated carbocycles. The normalized spacial score (nSPS) is 10.4. The van der Waals surface area contributed by atoms with Crippen molar-refractivity contribution in [2.75, 3.05) is 11.9 Å². The number of carbonyl (C=O) groups excluding carboxylic acids is 1. The average Bonchev–Trinajstić information content (AvgIpc) is 2.45. The molecule has 0 aliphatic rings. The predicted octanol–water partition coefficient (Wildman–Crippen LogP) is 4.26. The standard InChI is InChI=1S/C17H17NO2/c1-14-7-5-11-16(13-14)18-17(19)20-12-6-10-15-8-3-2-4-9-15/h2-11,13H,12H2,1H3,(H,18,19)/b10-6-. The Bertz CT molecular complexity index is 591. The van der Waals surface area contributed by atoms with E-state index in [0.717, 1.165) is 16.8 Å². The van der Waals surface area contributed by atoms with Crippen LogP contribution < -0.4 is 5.32 Å². The predicted molar refractivity (Wildman–Crippen MR) is 81.6 cm³/mol. The van der Waals surface area contributed by atoms with E-state index < -0.39 is 6.09 Å². The maximum atomic E-state index is 11.6. The molecule has 0 spiro atoms. The lowest BCUT2D eigenvalue weighted by Crippen LogP contribution is -2.13. The van der Waals surface area contributed by atoms with E-state index in [0.29, 0.717) is 0 Å². The van der Waals surface area contributed by atoms with E-state index in [1.165, 1.54) is 0 Å². The number of hydrogen-bond donors (Lipinski definition) is 1. The van der Waals surface area contributed by atoms with Crippen molar-refractivity contribution in [1.82, 2.24) is 0 Å². The zero-order chi connectivity index (χ0) is 14.2. The molecule has 102 valence electrons. The van der Waals surface area contributed by atoms with Crippen LogP contribution in [0.3, 0.4) is 0 Å². The van der Waals surface area contributed by atoms with Crippen LogP contribution in [0.4, 0.5) is 10.5 Å². The summed E-state index contributed by atoms with van der Waals surface area (Å²) in [5.74, 6) is 0. The first-order chi connectivity index (χ1) is 9.74. The highest BCUT2D eigenvalue weighted by Crippen LogP contribution is 2.09. The summed E-state index contributed by atoms with van der Waals surface area (Å²) in [6.07, 6.45) is 3.28. The number of ether oxygens (including phenoxy) is 1. The third-order valence-corrected chi connectivity index (χ3v) is 2.68. The van der Waals surface area contributed by atoms with Crippen LogP contribution in [0.2, 0.25) is 0 Å². The van der Waals surface area contributed by atoms with Crippen molar-refractivity contribution in [1.29, 1.82) is 0 Å². The van der Waals surface area contributed by atoms with Gasteiger partial charge in [-0.25, -0.2) is 4.79 Å². The SMILES string of the molecule is Cc1cccc(NC(=O)OC/C=C\c2ccccc2)c1. The minimum atomic E-state index is -0.451. The van der Waals surface area contributed by atoms with Crippen LogP contribution in [0, 0.1) is 6.92 Å². The van der Waals surface area contributed by atoms with Crippen LogP contribution in [0.1, 0.15) is 11.1 Å². The van der Waals surface area contributed by atoms with E-state index in [1.807, 2.05) is 73.7 Å². The molecule has 20 heavy (non-hydrogen) atoms. The quantitative estimate of drug-likeness (QED) is 0.899. The summed E-state index contributed by atoms with van der Waals surface area (Å²) in [6, 6.07) is 17.4. The van der Waals surface area contributed by atoms with Gasteiger partial charge in [-0.05, 0) is 36.3 Å². The number of nitrogens with one attached hydrogen (secondary N) is 1. The molecular weight excluding hydrogens is 250 g/mol. The van der Waals surface area contributed by atoms with Crippen molar-refractivity contribution >= 4 is 17.9 Å². The van der Waals surface area contributed by atoms with Gasteiger partial charge in [-0.2, -0.15) is 0 Å². The van der Waals surface area contributed by atoms with Crippen LogP contribution in [0.15, 0.2) is 60.7 Å². The molecule has 0 radical (unpaired) electrons. The second-order valence-electron chi connectivity index (χ2n) is 4.41. The molecular formula is C17H17NO2. The molecule has 2 rings (SSSR count). The Balaban J connectivity index is 1.77. The zero-order valence-corrected chi connectivity index (χ0v) is 11.4. The van der Waals surface area contributed by atoms with E-state index in [4.69, 9.17) is 4.74 Å². The number of hydrogen-bond acceptors (Lipinski definition) is 2. The largest absolute Gasteiger partial charge is 0.445 e. The number of benzene rings is 2. The topological polar surface area (TPSA) is 38.3 Å². The van der Waals surface area contributed by atoms with Crippen LogP contribution in [0.25, 0.3) is 6.08 Å². The number of anilines is 1. The van der Waals surface area contributed by atoms with Crippen molar-refractivity contribution in [2.45, 2.75) is 6.92 Å². The van der Waals surface area contributed by atoms with Crippen LogP contribution >= 0.6 is 0 Å². The Hall–Kier alpha value is -2.55. The maximum Gasteiger partial charge on any atom is 0.411 e. The number of carbonyl (C=O) groups is 1. The van der Waals surface area contributed by atoms with Crippen molar-refractivity contribution in [2.24, 2.45) is 0 Å². The first kappa shape index (κ1) is 13.9. The Morgan fingerprint density at radius 3 is 2.70 bits per heavy atom. The monoisotopic (exact) mass is 267 g/mol. The molecule has 1 N–H and O–H groups in total. The number of rotatable bonds is 4. The molecule has 3 nitrogen and oxygen atoms in total. The van der Waals surface area contributed by atoms with Crippen LogP contribution in [-0.2, 0) is 4.74 Å². The summed E-state index contributed by atoms with van der Waals surface area (Å²) in [6.45, 7) is 2.21. The first-order valence-corrected chi connectivity index (χ1v) is 6.46. The van der Waals surface area contributed by atoms with Crippen molar-refractivity contribution in [3.05, 3.63) is 71.8 Å². The smallest absolute Gasteiger partial charge is 0.411 e. The van der Waals surface area contributed by atoms with Gasteiger partial charge in [-0.15, -0.1) is 0 Å². The first-order valence-electron chi connectivity index (χ1n) is 6.46. The van der Waals surface area contributed by atoms with Crippen LogP contribution in [-0.4, -0.2) is 12.7 Å². The fourth-order valence-electron chi connectivity index (χ4n) is 1.75. The highest BCUT2D eigenvalue weighted by molar-refractivity contribution is 5.84. The minimum Gasteiger partial charge on any atom is -0.445 e. The molecule has 0 aliphatic carbocycles. The Labute approximate surface area is 118 Å². The summed E-state index contributed by atoms with van der Waals surface area (Å²) < 4.78 is 5.07. The number of amides is 1. The molecule has 2 aromatic carbocycles. The summed E-state index contributed by atoms with van der Waals surface area (Å²) >= 11 is 0. The second-order valence-corrected chi connectivity index (χ2v) is 4.41. The van der Waals surface area contributed by atoms with Gasteiger partial charge in [0.15, 0.2) is 0 Å². The van der Waals surface area contributed by atoms with Gasteiger partial charge < -0.3 is 4.74 Å². The molecule has 0 heterocycles. The number of aryl methyl sites for hydroxylation is 1. The highest BCUT2D eigenvalue weighted by atomic mass is 16.5. The van der Waals surface area contributed by atoms with Crippen molar-refractivity contribution in [3.63, 3.8) is 0 Å². The molecule has 0 bridgehead atoms. The molecule has 0 aromatic heterocycles. The Kier molecular flexibility index (Phi) is 4.95. The summed E-state index contributed by atoms with van der Waals surface area (Å²) in [5.41, 5.74) is 2.91. The zero-order valence-electron chi connectivity index (χ0n) is 11.4. The molecule has 0 aliphatic heterocycles. The Morgan fingerprint density at radius 1 is 1.15 bits per heavy atom. The molecule has 2 aromatic rings. The summed E-state index contributed by atoms with van der Waals surface area (Å²) in [5, 5.41) is 2.69. The average molecular weight is 267 g/mol. The van der Waals surface area contributed by atoms with Gasteiger partial charge in [0, 0.05) is 5.69 Å². The van der Waals surface area contributed by atoms with Gasteiger partial charge in [-0.1, -0.05) is 48.5 Å². The maximum absolute atomic E-state index is 11.6. The van der Waals surface area contributed by atoms with E-state index in [2.05, 4.69) is 5.32 Å². The second kappa shape index (κ2) is 7.14. The van der Waals surface area contributed by atoms with Gasteiger partial charge in [0.25, 0.3) is 0 Å². The highest BCUT2D eigenvalue weighted by Gasteiger charge is 2.01. The molecule has 1 amide bonds. The van der Waals surface area contributed by atoms with E-state index in [9.17, 15) is 4.79 Å². The van der Waals surface area contributed by atoms with Gasteiger partial charge in [-0.3, -0.25) is 5.32 Å². The summed E-state index contributed by atoms with van der Waals surface area (Å²) in [4.78, 5) is 11.6. The molecule has 3 heteroatoms. The van der Waals surface area contributed by atoms with E-state index in [-0.39, 0.29) is 6.61 Å². The van der Waals surface area contributed by atoms with E-state index >= 15 is 0 Å².